The van der Waals surface area contributed by atoms with E-state index in [2.05, 4.69) is 10.4 Å². The average molecular weight is 321 g/mol. The number of carbonyl (C=O) groups is 1. The highest BCUT2D eigenvalue weighted by Crippen LogP contribution is 2.16. The second-order valence-corrected chi connectivity index (χ2v) is 4.95. The highest BCUT2D eigenvalue weighted by Gasteiger charge is 2.16. The molecule has 1 amide bonds. The Morgan fingerprint density at radius 1 is 1.39 bits per heavy atom. The summed E-state index contributed by atoms with van der Waals surface area (Å²) in [5.74, 6) is -0.654. The quantitative estimate of drug-likeness (QED) is 0.722. The molecule has 0 aliphatic carbocycles. The first kappa shape index (κ1) is 17.1. The molecular formula is C16H20FN3O3. The van der Waals surface area contributed by atoms with Crippen molar-refractivity contribution in [1.82, 2.24) is 15.1 Å². The van der Waals surface area contributed by atoms with Crippen LogP contribution >= 0.6 is 0 Å². The van der Waals surface area contributed by atoms with Crippen LogP contribution < -0.4 is 5.32 Å². The maximum Gasteiger partial charge on any atom is 0.254 e. The van der Waals surface area contributed by atoms with E-state index in [1.54, 1.807) is 25.1 Å². The summed E-state index contributed by atoms with van der Waals surface area (Å²) >= 11 is 0. The summed E-state index contributed by atoms with van der Waals surface area (Å²) < 4.78 is 20.3. The number of aliphatic hydroxyl groups is 1. The van der Waals surface area contributed by atoms with Crippen LogP contribution in [0.25, 0.3) is 5.69 Å². The number of halogens is 1. The Morgan fingerprint density at radius 2 is 2.17 bits per heavy atom. The lowest BCUT2D eigenvalue weighted by Gasteiger charge is -2.07. The van der Waals surface area contributed by atoms with Crippen molar-refractivity contribution >= 4 is 5.91 Å². The van der Waals surface area contributed by atoms with E-state index in [0.29, 0.717) is 43.1 Å². The van der Waals surface area contributed by atoms with Gasteiger partial charge in [-0.1, -0.05) is 12.1 Å². The van der Waals surface area contributed by atoms with Gasteiger partial charge in [-0.05, 0) is 25.5 Å². The lowest BCUT2D eigenvalue weighted by atomic mass is 10.2. The molecule has 0 bridgehead atoms. The van der Waals surface area contributed by atoms with Crippen molar-refractivity contribution in [2.24, 2.45) is 0 Å². The van der Waals surface area contributed by atoms with Crippen LogP contribution in [0.1, 0.15) is 22.5 Å². The van der Waals surface area contributed by atoms with E-state index in [4.69, 9.17) is 9.84 Å². The third kappa shape index (κ3) is 4.37. The number of nitrogens with zero attached hydrogens (tertiary/aromatic N) is 2. The van der Waals surface area contributed by atoms with Crippen molar-refractivity contribution in [3.63, 3.8) is 0 Å². The number of hydrogen-bond acceptors (Lipinski definition) is 4. The van der Waals surface area contributed by atoms with E-state index in [1.807, 2.05) is 0 Å². The highest BCUT2D eigenvalue weighted by atomic mass is 19.1. The van der Waals surface area contributed by atoms with Crippen molar-refractivity contribution in [3.05, 3.63) is 47.5 Å². The smallest absolute Gasteiger partial charge is 0.254 e. The number of aliphatic hydroxyl groups excluding tert-OH is 1. The van der Waals surface area contributed by atoms with Crippen LogP contribution in [-0.2, 0) is 4.74 Å². The molecule has 0 unspecified atom stereocenters. The van der Waals surface area contributed by atoms with Gasteiger partial charge in [0.1, 0.15) is 11.5 Å². The predicted octanol–water partition coefficient (Wildman–Crippen LogP) is 1.45. The summed E-state index contributed by atoms with van der Waals surface area (Å²) in [6, 6.07) is 6.27. The summed E-state index contributed by atoms with van der Waals surface area (Å²) in [6.45, 7) is 2.92. The van der Waals surface area contributed by atoms with Crippen molar-refractivity contribution in [3.8, 4) is 5.69 Å². The Kier molecular flexibility index (Phi) is 6.25. The number of para-hydroxylation sites is 1. The van der Waals surface area contributed by atoms with Crippen molar-refractivity contribution in [1.29, 1.82) is 0 Å². The van der Waals surface area contributed by atoms with Crippen LogP contribution in [-0.4, -0.2) is 47.2 Å². The molecule has 0 aliphatic heterocycles. The second-order valence-electron chi connectivity index (χ2n) is 4.95. The molecule has 0 saturated heterocycles. The van der Waals surface area contributed by atoms with Gasteiger partial charge in [0, 0.05) is 13.2 Å². The molecule has 0 fully saturated rings. The fraction of sp³-hybridized carbons (Fsp3) is 0.375. The van der Waals surface area contributed by atoms with Crippen molar-refractivity contribution < 1.29 is 19.0 Å². The third-order valence-electron chi connectivity index (χ3n) is 3.32. The van der Waals surface area contributed by atoms with Crippen LogP contribution in [0.15, 0.2) is 30.5 Å². The summed E-state index contributed by atoms with van der Waals surface area (Å²) in [5, 5.41) is 15.4. The molecular weight excluding hydrogens is 301 g/mol. The average Bonchev–Trinajstić information content (AvgIpc) is 2.92. The molecule has 0 aliphatic rings. The van der Waals surface area contributed by atoms with Gasteiger partial charge in [0.05, 0.1) is 30.7 Å². The minimum absolute atomic E-state index is 0.0131. The fourth-order valence-electron chi connectivity index (χ4n) is 2.14. The molecule has 0 spiro atoms. The molecule has 0 saturated carbocycles. The van der Waals surface area contributed by atoms with Crippen LogP contribution in [0.4, 0.5) is 4.39 Å². The topological polar surface area (TPSA) is 76.4 Å². The van der Waals surface area contributed by atoms with Gasteiger partial charge in [-0.15, -0.1) is 0 Å². The van der Waals surface area contributed by atoms with Gasteiger partial charge < -0.3 is 15.2 Å². The number of hydrogen-bond donors (Lipinski definition) is 2. The summed E-state index contributed by atoms with van der Waals surface area (Å²) in [7, 11) is 0. The zero-order chi connectivity index (χ0) is 16.7. The van der Waals surface area contributed by atoms with E-state index in [0.717, 1.165) is 0 Å². The summed E-state index contributed by atoms with van der Waals surface area (Å²) in [5.41, 5.74) is 1.29. The SMILES string of the molecule is Cc1c(C(=O)NCCCOCCO)cnn1-c1ccccc1F. The molecule has 7 heteroatoms. The lowest BCUT2D eigenvalue weighted by Crippen LogP contribution is -2.25. The molecule has 1 aromatic carbocycles. The molecule has 2 rings (SSSR count). The van der Waals surface area contributed by atoms with E-state index < -0.39 is 5.82 Å². The third-order valence-corrected chi connectivity index (χ3v) is 3.32. The van der Waals surface area contributed by atoms with Gasteiger partial charge >= 0.3 is 0 Å². The molecule has 23 heavy (non-hydrogen) atoms. The lowest BCUT2D eigenvalue weighted by molar-refractivity contribution is 0.0867. The molecule has 1 aromatic heterocycles. The van der Waals surface area contributed by atoms with Gasteiger partial charge in [0.15, 0.2) is 0 Å². The highest BCUT2D eigenvalue weighted by molar-refractivity contribution is 5.95. The Balaban J connectivity index is 1.96. The number of amides is 1. The van der Waals surface area contributed by atoms with E-state index >= 15 is 0 Å². The summed E-state index contributed by atoms with van der Waals surface area (Å²) in [6.07, 6.45) is 2.08. The van der Waals surface area contributed by atoms with Gasteiger partial charge in [-0.2, -0.15) is 5.10 Å². The van der Waals surface area contributed by atoms with E-state index in [1.165, 1.54) is 16.9 Å². The van der Waals surface area contributed by atoms with Crippen LogP contribution in [0.5, 0.6) is 0 Å². The largest absolute Gasteiger partial charge is 0.394 e. The number of benzene rings is 1. The Morgan fingerprint density at radius 3 is 2.91 bits per heavy atom. The first-order valence-corrected chi connectivity index (χ1v) is 7.41. The molecule has 0 radical (unpaired) electrons. The first-order chi connectivity index (χ1) is 11.1. The number of aromatic nitrogens is 2. The Labute approximate surface area is 133 Å². The predicted molar refractivity (Wildman–Crippen MR) is 83.1 cm³/mol. The maximum atomic E-state index is 13.8. The molecule has 124 valence electrons. The van der Waals surface area contributed by atoms with Crippen molar-refractivity contribution in [2.75, 3.05) is 26.4 Å². The van der Waals surface area contributed by atoms with E-state index in [-0.39, 0.29) is 12.5 Å². The van der Waals surface area contributed by atoms with Crippen molar-refractivity contribution in [2.45, 2.75) is 13.3 Å². The molecule has 0 atom stereocenters. The maximum absolute atomic E-state index is 13.8. The van der Waals surface area contributed by atoms with Crippen LogP contribution in [0.3, 0.4) is 0 Å². The number of carbonyl (C=O) groups excluding carboxylic acids is 1. The van der Waals surface area contributed by atoms with Gasteiger partial charge in [-0.3, -0.25) is 4.79 Å². The number of rotatable bonds is 8. The molecule has 2 aromatic rings. The molecule has 6 nitrogen and oxygen atoms in total. The molecule has 2 N–H and O–H groups in total. The monoisotopic (exact) mass is 321 g/mol. The first-order valence-electron chi connectivity index (χ1n) is 7.41. The number of ether oxygens (including phenoxy) is 1. The second kappa shape index (κ2) is 8.40. The number of nitrogens with one attached hydrogen (secondary N) is 1. The van der Waals surface area contributed by atoms with Crippen LogP contribution in [0, 0.1) is 12.7 Å². The fourth-order valence-corrected chi connectivity index (χ4v) is 2.14. The summed E-state index contributed by atoms with van der Waals surface area (Å²) in [4.78, 5) is 12.1. The van der Waals surface area contributed by atoms with Gasteiger partial charge in [0.2, 0.25) is 0 Å². The minimum atomic E-state index is -0.397. The van der Waals surface area contributed by atoms with Gasteiger partial charge in [-0.25, -0.2) is 9.07 Å². The zero-order valence-corrected chi connectivity index (χ0v) is 13.0. The standard InChI is InChI=1S/C16H20FN3O3/c1-12-13(16(22)18-7-4-9-23-10-8-21)11-19-20(12)15-6-3-2-5-14(15)17/h2-3,5-6,11,21H,4,7-10H2,1H3,(H,18,22). The Hall–Kier alpha value is -2.25. The normalized spacial score (nSPS) is 10.7. The Bertz CT molecular complexity index is 658. The minimum Gasteiger partial charge on any atom is -0.394 e. The molecule has 1 heterocycles. The zero-order valence-electron chi connectivity index (χ0n) is 13.0. The van der Waals surface area contributed by atoms with Gasteiger partial charge in [0.25, 0.3) is 5.91 Å². The van der Waals surface area contributed by atoms with Crippen LogP contribution in [0.2, 0.25) is 0 Å². The van der Waals surface area contributed by atoms with E-state index in [9.17, 15) is 9.18 Å².